The number of carbonyl (C=O) groups is 1. The lowest BCUT2D eigenvalue weighted by molar-refractivity contribution is 0.0628. The fraction of sp³-hybridized carbons (Fsp3) is 0.421. The Bertz CT molecular complexity index is 1030. The lowest BCUT2D eigenvalue weighted by Gasteiger charge is -2.34. The number of nitrogens with zero attached hydrogens (tertiary/aromatic N) is 3. The molecular weight excluding hydrogens is 334 g/mol. The van der Waals surface area contributed by atoms with E-state index in [1.807, 2.05) is 24.0 Å². The highest BCUT2D eigenvalue weighted by Gasteiger charge is 2.27. The van der Waals surface area contributed by atoms with E-state index in [0.29, 0.717) is 32.6 Å². The van der Waals surface area contributed by atoms with E-state index < -0.39 is 0 Å². The highest BCUT2D eigenvalue weighted by Crippen LogP contribution is 2.27. The molecule has 5 nitrogen and oxygen atoms in total. The molecule has 0 aromatic carbocycles. The molecule has 1 amide bonds. The van der Waals surface area contributed by atoms with Crippen molar-refractivity contribution >= 4 is 33.1 Å². The topological polar surface area (TPSA) is 54.7 Å². The molecule has 6 heteroatoms. The van der Waals surface area contributed by atoms with Crippen molar-refractivity contribution in [2.75, 3.05) is 13.1 Å². The van der Waals surface area contributed by atoms with Gasteiger partial charge in [-0.15, -0.1) is 11.3 Å². The van der Waals surface area contributed by atoms with Crippen LogP contribution in [-0.2, 0) is 0 Å². The second kappa shape index (κ2) is 5.95. The van der Waals surface area contributed by atoms with Gasteiger partial charge in [0.05, 0.1) is 10.3 Å². The van der Waals surface area contributed by atoms with Crippen molar-refractivity contribution in [2.24, 2.45) is 11.8 Å². The number of thiophene rings is 1. The molecule has 130 valence electrons. The van der Waals surface area contributed by atoms with Gasteiger partial charge in [0.15, 0.2) is 0 Å². The Balaban J connectivity index is 1.80. The van der Waals surface area contributed by atoms with Crippen LogP contribution in [0.5, 0.6) is 0 Å². The molecule has 1 saturated heterocycles. The summed E-state index contributed by atoms with van der Waals surface area (Å²) in [5.41, 5.74) is 1.49. The molecule has 4 rings (SSSR count). The molecule has 0 aliphatic carbocycles. The van der Waals surface area contributed by atoms with E-state index >= 15 is 0 Å². The average molecular weight is 355 g/mol. The van der Waals surface area contributed by atoms with Crippen LogP contribution in [-0.4, -0.2) is 33.3 Å². The second-order valence-corrected chi connectivity index (χ2v) is 8.32. The van der Waals surface area contributed by atoms with Gasteiger partial charge in [-0.1, -0.05) is 19.9 Å². The SMILES string of the molecule is Cc1cccn2c(=O)c3cc(C(=O)N4CC(C)CC(C)C4)sc3nc12. The molecule has 1 fully saturated rings. The van der Waals surface area contributed by atoms with E-state index in [1.54, 1.807) is 16.7 Å². The van der Waals surface area contributed by atoms with Crippen LogP contribution in [0.25, 0.3) is 15.9 Å². The largest absolute Gasteiger partial charge is 0.337 e. The molecule has 2 atom stereocenters. The van der Waals surface area contributed by atoms with Crippen LogP contribution < -0.4 is 5.56 Å². The summed E-state index contributed by atoms with van der Waals surface area (Å²) in [6.45, 7) is 7.87. The van der Waals surface area contributed by atoms with Crippen LogP contribution in [0.2, 0.25) is 0 Å². The fourth-order valence-electron chi connectivity index (χ4n) is 3.85. The van der Waals surface area contributed by atoms with Crippen molar-refractivity contribution < 1.29 is 4.79 Å². The Hall–Kier alpha value is -2.21. The van der Waals surface area contributed by atoms with Gasteiger partial charge >= 0.3 is 0 Å². The molecule has 0 bridgehead atoms. The Labute approximate surface area is 149 Å². The predicted molar refractivity (Wildman–Crippen MR) is 100 cm³/mol. The van der Waals surface area contributed by atoms with Crippen LogP contribution in [0, 0.1) is 18.8 Å². The molecule has 1 aliphatic rings. The van der Waals surface area contributed by atoms with Crippen molar-refractivity contribution in [2.45, 2.75) is 27.2 Å². The first kappa shape index (κ1) is 16.3. The van der Waals surface area contributed by atoms with Crippen LogP contribution in [0.3, 0.4) is 0 Å². The van der Waals surface area contributed by atoms with Crippen molar-refractivity contribution in [1.29, 1.82) is 0 Å². The summed E-state index contributed by atoms with van der Waals surface area (Å²) in [6.07, 6.45) is 2.88. The Kier molecular flexibility index (Phi) is 3.87. The number of rotatable bonds is 1. The monoisotopic (exact) mass is 355 g/mol. The predicted octanol–water partition coefficient (Wildman–Crippen LogP) is 3.34. The smallest absolute Gasteiger partial charge is 0.266 e. The third-order valence-electron chi connectivity index (χ3n) is 4.90. The van der Waals surface area contributed by atoms with Crippen LogP contribution >= 0.6 is 11.3 Å². The molecule has 25 heavy (non-hydrogen) atoms. The van der Waals surface area contributed by atoms with Gasteiger partial charge in [0, 0.05) is 19.3 Å². The van der Waals surface area contributed by atoms with E-state index in [9.17, 15) is 9.59 Å². The molecule has 3 aromatic heterocycles. The third kappa shape index (κ3) is 2.74. The second-order valence-electron chi connectivity index (χ2n) is 7.29. The van der Waals surface area contributed by atoms with Crippen molar-refractivity contribution in [1.82, 2.24) is 14.3 Å². The standard InChI is InChI=1S/C19H21N3O2S/c1-11-7-12(2)10-21(9-11)19(24)15-8-14-17(25-15)20-16-13(3)5-4-6-22(16)18(14)23/h4-6,8,11-12H,7,9-10H2,1-3H3. The number of pyridine rings is 1. The maximum atomic E-state index is 12.9. The van der Waals surface area contributed by atoms with Crippen molar-refractivity contribution in [3.8, 4) is 0 Å². The van der Waals surface area contributed by atoms with E-state index in [4.69, 9.17) is 0 Å². The lowest BCUT2D eigenvalue weighted by atomic mass is 9.92. The number of fused-ring (bicyclic) bond motifs is 2. The highest BCUT2D eigenvalue weighted by molar-refractivity contribution is 7.20. The minimum atomic E-state index is -0.112. The van der Waals surface area contributed by atoms with Gasteiger partial charge in [0.25, 0.3) is 11.5 Å². The first-order valence-corrected chi connectivity index (χ1v) is 9.46. The molecule has 0 N–H and O–H groups in total. The Morgan fingerprint density at radius 1 is 1.28 bits per heavy atom. The van der Waals surface area contributed by atoms with E-state index in [1.165, 1.54) is 11.3 Å². The van der Waals surface area contributed by atoms with Gasteiger partial charge in [0.2, 0.25) is 0 Å². The third-order valence-corrected chi connectivity index (χ3v) is 5.92. The molecule has 4 heterocycles. The molecule has 0 spiro atoms. The van der Waals surface area contributed by atoms with Gasteiger partial charge in [-0.2, -0.15) is 0 Å². The van der Waals surface area contributed by atoms with Gasteiger partial charge in [-0.05, 0) is 42.9 Å². The van der Waals surface area contributed by atoms with E-state index in [-0.39, 0.29) is 11.5 Å². The zero-order valence-corrected chi connectivity index (χ0v) is 15.5. The van der Waals surface area contributed by atoms with Crippen LogP contribution in [0.4, 0.5) is 0 Å². The van der Waals surface area contributed by atoms with E-state index in [0.717, 1.165) is 25.1 Å². The maximum absolute atomic E-state index is 12.9. The van der Waals surface area contributed by atoms with Crippen molar-refractivity contribution in [3.63, 3.8) is 0 Å². The van der Waals surface area contributed by atoms with E-state index in [2.05, 4.69) is 18.8 Å². The first-order valence-electron chi connectivity index (χ1n) is 8.65. The van der Waals surface area contributed by atoms with Crippen molar-refractivity contribution in [3.05, 3.63) is 45.2 Å². The van der Waals surface area contributed by atoms with Gasteiger partial charge in [0.1, 0.15) is 10.5 Å². The Morgan fingerprint density at radius 3 is 2.72 bits per heavy atom. The number of amides is 1. The number of hydrogen-bond acceptors (Lipinski definition) is 4. The molecule has 0 saturated carbocycles. The molecule has 1 aliphatic heterocycles. The summed E-state index contributed by atoms with van der Waals surface area (Å²) in [7, 11) is 0. The average Bonchev–Trinajstić information content (AvgIpc) is 2.99. The summed E-state index contributed by atoms with van der Waals surface area (Å²) in [5.74, 6) is 1.04. The van der Waals surface area contributed by atoms with Gasteiger partial charge in [-0.25, -0.2) is 4.98 Å². The highest BCUT2D eigenvalue weighted by atomic mass is 32.1. The lowest BCUT2D eigenvalue weighted by Crippen LogP contribution is -2.42. The Morgan fingerprint density at radius 2 is 2.00 bits per heavy atom. The number of likely N-dealkylation sites (tertiary alicyclic amines) is 1. The molecular formula is C19H21N3O2S. The number of carbonyl (C=O) groups excluding carboxylic acids is 1. The van der Waals surface area contributed by atoms with Crippen LogP contribution in [0.15, 0.2) is 29.2 Å². The minimum absolute atomic E-state index is 0.0200. The van der Waals surface area contributed by atoms with Crippen LogP contribution in [0.1, 0.15) is 35.5 Å². The molecule has 2 unspecified atom stereocenters. The minimum Gasteiger partial charge on any atom is -0.337 e. The molecule has 0 radical (unpaired) electrons. The number of aromatic nitrogens is 2. The number of piperidine rings is 1. The normalized spacial score (nSPS) is 21.2. The number of hydrogen-bond donors (Lipinski definition) is 0. The number of aryl methyl sites for hydroxylation is 1. The summed E-state index contributed by atoms with van der Waals surface area (Å²) < 4.78 is 1.56. The first-order chi connectivity index (χ1) is 11.9. The van der Waals surface area contributed by atoms with Gasteiger partial charge in [-0.3, -0.25) is 14.0 Å². The zero-order chi connectivity index (χ0) is 17.7. The molecule has 3 aromatic rings. The summed E-state index contributed by atoms with van der Waals surface area (Å²) >= 11 is 1.32. The summed E-state index contributed by atoms with van der Waals surface area (Å²) in [5, 5.41) is 0.523. The summed E-state index contributed by atoms with van der Waals surface area (Å²) in [6, 6.07) is 5.49. The quantitative estimate of drug-likeness (QED) is 0.673. The summed E-state index contributed by atoms with van der Waals surface area (Å²) in [4.78, 5) is 33.5. The zero-order valence-electron chi connectivity index (χ0n) is 14.7. The maximum Gasteiger partial charge on any atom is 0.266 e. The fourth-order valence-corrected chi connectivity index (χ4v) is 4.84. The van der Waals surface area contributed by atoms with Gasteiger partial charge < -0.3 is 4.90 Å².